The first-order valence-electron chi connectivity index (χ1n) is 3.74. The van der Waals surface area contributed by atoms with Crippen molar-refractivity contribution in [2.75, 3.05) is 0 Å². The molecule has 0 saturated heterocycles. The molecule has 1 rings (SSSR count). The van der Waals surface area contributed by atoms with Gasteiger partial charge in [-0.2, -0.15) is 0 Å². The van der Waals surface area contributed by atoms with Crippen LogP contribution in [0.2, 0.25) is 0 Å². The average Bonchev–Trinajstić information content (AvgIpc) is 2.03. The molecule has 0 unspecified atom stereocenters. The van der Waals surface area contributed by atoms with Crippen molar-refractivity contribution in [3.8, 4) is 0 Å². The molecule has 12 heavy (non-hydrogen) atoms. The summed E-state index contributed by atoms with van der Waals surface area (Å²) in [4.78, 5) is 9.97. The minimum absolute atomic E-state index is 0.0900. The summed E-state index contributed by atoms with van der Waals surface area (Å²) in [5.41, 5.74) is 1.65. The van der Waals surface area contributed by atoms with Gasteiger partial charge in [-0.15, -0.1) is 0 Å². The smallest absolute Gasteiger partial charge is 0.258 e. The maximum Gasteiger partial charge on any atom is 0.272 e. The number of hydrogen-bond acceptors (Lipinski definition) is 2. The highest BCUT2D eigenvalue weighted by Crippen LogP contribution is 2.18. The summed E-state index contributed by atoms with van der Waals surface area (Å²) in [6.07, 6.45) is 0.876. The van der Waals surface area contributed by atoms with Crippen LogP contribution < -0.4 is 0 Å². The predicted octanol–water partition coefficient (Wildman–Crippen LogP) is 2.34. The lowest BCUT2D eigenvalue weighted by Gasteiger charge is -1.99. The fraction of sp³-hybridized carbons (Fsp3) is 0.222. The van der Waals surface area contributed by atoms with Crippen LogP contribution in [0.25, 0.3) is 0 Å². The van der Waals surface area contributed by atoms with E-state index in [0.717, 1.165) is 12.0 Å². The third-order valence-corrected chi connectivity index (χ3v) is 1.75. The number of aryl methyl sites for hydroxylation is 1. The Morgan fingerprint density at radius 2 is 2.25 bits per heavy atom. The van der Waals surface area contributed by atoms with Gasteiger partial charge < -0.3 is 0 Å². The van der Waals surface area contributed by atoms with Crippen molar-refractivity contribution in [2.45, 2.75) is 13.3 Å². The molecule has 3 nitrogen and oxygen atoms in total. The zero-order valence-corrected chi connectivity index (χ0v) is 6.91. The normalized spacial score (nSPS) is 9.83. The molecule has 0 fully saturated rings. The molecule has 1 aromatic rings. The van der Waals surface area contributed by atoms with Gasteiger partial charge in [0.15, 0.2) is 0 Å². The molecule has 0 amide bonds. The number of nitro groups is 1. The van der Waals surface area contributed by atoms with E-state index in [1.54, 1.807) is 12.1 Å². The monoisotopic (exact) mass is 164 g/mol. The fourth-order valence-corrected chi connectivity index (χ4v) is 1.04. The van der Waals surface area contributed by atoms with Gasteiger partial charge in [-0.3, -0.25) is 10.1 Å². The number of nitro benzene ring substituents is 1. The van der Waals surface area contributed by atoms with Gasteiger partial charge in [-0.25, -0.2) is 0 Å². The van der Waals surface area contributed by atoms with Crippen molar-refractivity contribution in [3.63, 3.8) is 0 Å². The predicted molar refractivity (Wildman–Crippen MR) is 46.9 cm³/mol. The van der Waals surface area contributed by atoms with Crippen molar-refractivity contribution in [1.29, 1.82) is 0 Å². The van der Waals surface area contributed by atoms with E-state index in [1.807, 2.05) is 6.92 Å². The maximum atomic E-state index is 10.4. The number of rotatable bonds is 2. The summed E-state index contributed by atoms with van der Waals surface area (Å²) in [5.74, 6) is 0. The molecule has 3 heteroatoms. The summed E-state index contributed by atoms with van der Waals surface area (Å²) in [7, 11) is 0. The second-order valence-corrected chi connectivity index (χ2v) is 2.57. The summed E-state index contributed by atoms with van der Waals surface area (Å²) in [5, 5.41) is 10.4. The van der Waals surface area contributed by atoms with Crippen LogP contribution in [0.15, 0.2) is 18.2 Å². The molecule has 0 aromatic heterocycles. The molecule has 0 N–H and O–H groups in total. The average molecular weight is 164 g/mol. The maximum absolute atomic E-state index is 10.4. The first-order chi connectivity index (χ1) is 5.65. The lowest BCUT2D eigenvalue weighted by molar-refractivity contribution is -0.385. The molecule has 0 saturated carbocycles. The summed E-state index contributed by atoms with van der Waals surface area (Å²) >= 11 is 0. The van der Waals surface area contributed by atoms with E-state index in [2.05, 4.69) is 6.92 Å². The molecular formula is C9H10NO2. The van der Waals surface area contributed by atoms with Crippen LogP contribution >= 0.6 is 0 Å². The van der Waals surface area contributed by atoms with Crippen LogP contribution in [-0.2, 0) is 6.42 Å². The van der Waals surface area contributed by atoms with E-state index in [-0.39, 0.29) is 5.69 Å². The van der Waals surface area contributed by atoms with Crippen molar-refractivity contribution < 1.29 is 4.92 Å². The van der Waals surface area contributed by atoms with Gasteiger partial charge in [0.25, 0.3) is 5.69 Å². The Kier molecular flexibility index (Phi) is 2.43. The third-order valence-electron chi connectivity index (χ3n) is 1.75. The first-order valence-corrected chi connectivity index (χ1v) is 3.74. The van der Waals surface area contributed by atoms with E-state index in [4.69, 9.17) is 0 Å². The van der Waals surface area contributed by atoms with Gasteiger partial charge in [0.2, 0.25) is 0 Å². The highest BCUT2D eigenvalue weighted by Gasteiger charge is 2.08. The summed E-state index contributed by atoms with van der Waals surface area (Å²) < 4.78 is 0. The minimum atomic E-state index is -0.415. The van der Waals surface area contributed by atoms with Crippen LogP contribution in [0.4, 0.5) is 5.69 Å². The number of benzene rings is 1. The van der Waals surface area contributed by atoms with Crippen molar-refractivity contribution >= 4 is 5.69 Å². The van der Waals surface area contributed by atoms with Crippen LogP contribution in [-0.4, -0.2) is 4.92 Å². The molecule has 0 atom stereocenters. The highest BCUT2D eigenvalue weighted by atomic mass is 16.6. The van der Waals surface area contributed by atoms with Gasteiger partial charge in [-0.05, 0) is 25.0 Å². The Balaban J connectivity index is 3.12. The first kappa shape index (κ1) is 8.71. The summed E-state index contributed by atoms with van der Waals surface area (Å²) in [6, 6.07) is 5.01. The SMILES string of the molecule is [CH2]c1cc(CC)ccc1[N+](=O)[O-]. The van der Waals surface area contributed by atoms with E-state index in [1.165, 1.54) is 6.07 Å². The van der Waals surface area contributed by atoms with Gasteiger partial charge in [-0.1, -0.05) is 13.0 Å². The van der Waals surface area contributed by atoms with Gasteiger partial charge in [0, 0.05) is 11.6 Å². The van der Waals surface area contributed by atoms with Gasteiger partial charge >= 0.3 is 0 Å². The number of nitrogens with zero attached hydrogens (tertiary/aromatic N) is 1. The molecule has 63 valence electrons. The van der Waals surface area contributed by atoms with E-state index in [0.29, 0.717) is 5.56 Å². The zero-order valence-electron chi connectivity index (χ0n) is 6.91. The van der Waals surface area contributed by atoms with Crippen LogP contribution in [0.3, 0.4) is 0 Å². The lowest BCUT2D eigenvalue weighted by atomic mass is 10.1. The Labute approximate surface area is 71.2 Å². The number of hydrogen-bond donors (Lipinski definition) is 0. The van der Waals surface area contributed by atoms with Crippen LogP contribution in [0.1, 0.15) is 18.1 Å². The van der Waals surface area contributed by atoms with E-state index >= 15 is 0 Å². The Morgan fingerprint density at radius 3 is 2.67 bits per heavy atom. The molecule has 0 bridgehead atoms. The molecule has 0 aliphatic rings. The molecular weight excluding hydrogens is 154 g/mol. The second-order valence-electron chi connectivity index (χ2n) is 2.57. The Bertz CT molecular complexity index is 307. The molecule has 0 spiro atoms. The highest BCUT2D eigenvalue weighted by molar-refractivity contribution is 5.44. The van der Waals surface area contributed by atoms with Crippen LogP contribution in [0, 0.1) is 17.0 Å². The fourth-order valence-electron chi connectivity index (χ4n) is 1.04. The molecule has 0 aliphatic heterocycles. The molecule has 0 aliphatic carbocycles. The molecule has 0 heterocycles. The second kappa shape index (κ2) is 3.34. The van der Waals surface area contributed by atoms with E-state index < -0.39 is 4.92 Å². The third kappa shape index (κ3) is 1.61. The minimum Gasteiger partial charge on any atom is -0.258 e. The van der Waals surface area contributed by atoms with E-state index in [9.17, 15) is 10.1 Å². The quantitative estimate of drug-likeness (QED) is 0.497. The zero-order chi connectivity index (χ0) is 9.14. The Hall–Kier alpha value is -1.38. The summed E-state index contributed by atoms with van der Waals surface area (Å²) in [6.45, 7) is 5.61. The van der Waals surface area contributed by atoms with Crippen molar-refractivity contribution in [3.05, 3.63) is 46.4 Å². The topological polar surface area (TPSA) is 43.1 Å². The van der Waals surface area contributed by atoms with Gasteiger partial charge in [0.05, 0.1) is 4.92 Å². The Morgan fingerprint density at radius 1 is 1.58 bits per heavy atom. The molecule has 1 aromatic carbocycles. The lowest BCUT2D eigenvalue weighted by Crippen LogP contribution is -1.92. The van der Waals surface area contributed by atoms with Crippen molar-refractivity contribution in [1.82, 2.24) is 0 Å². The van der Waals surface area contributed by atoms with Crippen molar-refractivity contribution in [2.24, 2.45) is 0 Å². The largest absolute Gasteiger partial charge is 0.272 e. The van der Waals surface area contributed by atoms with Gasteiger partial charge in [0.1, 0.15) is 0 Å². The van der Waals surface area contributed by atoms with Crippen LogP contribution in [0.5, 0.6) is 0 Å². The standard InChI is InChI=1S/C9H10NO2/c1-3-8-4-5-9(10(11)12)7(2)6-8/h4-6H,2-3H2,1H3. The molecule has 1 radical (unpaired) electrons.